The maximum atomic E-state index is 13.0. The lowest BCUT2D eigenvalue weighted by Gasteiger charge is -2.33. The zero-order valence-electron chi connectivity index (χ0n) is 17.8. The first kappa shape index (κ1) is 20.2. The van der Waals surface area contributed by atoms with Crippen molar-refractivity contribution in [1.82, 2.24) is 15.1 Å². The topological polar surface area (TPSA) is 69.7 Å². The molecule has 5 rings (SSSR count). The van der Waals surface area contributed by atoms with Crippen LogP contribution in [0, 0.1) is 5.92 Å². The van der Waals surface area contributed by atoms with E-state index in [-0.39, 0.29) is 24.5 Å². The van der Waals surface area contributed by atoms with E-state index in [2.05, 4.69) is 29.6 Å². The summed E-state index contributed by atoms with van der Waals surface area (Å²) in [7, 11) is 0. The molecule has 6 heteroatoms. The van der Waals surface area contributed by atoms with E-state index in [9.17, 15) is 14.4 Å². The first-order valence-corrected chi connectivity index (χ1v) is 11.1. The summed E-state index contributed by atoms with van der Waals surface area (Å²) in [5, 5.41) is 4.33. The lowest BCUT2D eigenvalue weighted by Crippen LogP contribution is -2.51. The number of nitrogens with one attached hydrogen (secondary N) is 1. The zero-order chi connectivity index (χ0) is 22.1. The molecule has 4 amide bonds. The third-order valence-corrected chi connectivity index (χ3v) is 6.51. The number of hydrogen-bond donors (Lipinski definition) is 1. The molecular weight excluding hydrogens is 402 g/mol. The zero-order valence-corrected chi connectivity index (χ0v) is 17.8. The number of imide groups is 1. The van der Waals surface area contributed by atoms with E-state index in [4.69, 9.17) is 0 Å². The fourth-order valence-corrected chi connectivity index (χ4v) is 4.77. The number of hydrogen-bond acceptors (Lipinski definition) is 3. The van der Waals surface area contributed by atoms with Crippen molar-refractivity contribution in [3.05, 3.63) is 83.4 Å². The summed E-state index contributed by atoms with van der Waals surface area (Å²) in [5.41, 5.74) is 2.31. The van der Waals surface area contributed by atoms with Crippen molar-refractivity contribution in [3.8, 4) is 0 Å². The minimum atomic E-state index is -0.374. The molecule has 2 aliphatic rings. The van der Waals surface area contributed by atoms with Crippen LogP contribution in [-0.2, 0) is 6.42 Å². The Bertz CT molecular complexity index is 1130. The molecule has 6 nitrogen and oxygen atoms in total. The Morgan fingerprint density at radius 3 is 2.09 bits per heavy atom. The molecule has 1 fully saturated rings. The van der Waals surface area contributed by atoms with Crippen molar-refractivity contribution in [2.24, 2.45) is 5.92 Å². The first-order valence-electron chi connectivity index (χ1n) is 11.1. The highest BCUT2D eigenvalue weighted by Crippen LogP contribution is 2.29. The Balaban J connectivity index is 1.20. The van der Waals surface area contributed by atoms with Crippen LogP contribution < -0.4 is 5.32 Å². The Hall–Kier alpha value is -3.67. The summed E-state index contributed by atoms with van der Waals surface area (Å²) in [4.78, 5) is 41.5. The van der Waals surface area contributed by atoms with Crippen LogP contribution >= 0.6 is 0 Å². The maximum absolute atomic E-state index is 13.0. The van der Waals surface area contributed by atoms with E-state index in [1.165, 1.54) is 5.56 Å². The predicted octanol–water partition coefficient (Wildman–Crippen LogP) is 4.06. The lowest BCUT2D eigenvalue weighted by molar-refractivity contribution is 0.0599. The van der Waals surface area contributed by atoms with Gasteiger partial charge in [-0.2, -0.15) is 0 Å². The van der Waals surface area contributed by atoms with Crippen molar-refractivity contribution in [3.63, 3.8) is 0 Å². The van der Waals surface area contributed by atoms with Gasteiger partial charge in [0.15, 0.2) is 0 Å². The second-order valence-corrected chi connectivity index (χ2v) is 8.51. The van der Waals surface area contributed by atoms with E-state index in [1.807, 2.05) is 30.3 Å². The number of carbonyl (C=O) groups is 3. The van der Waals surface area contributed by atoms with Crippen LogP contribution in [0.3, 0.4) is 0 Å². The molecule has 32 heavy (non-hydrogen) atoms. The van der Waals surface area contributed by atoms with Gasteiger partial charge in [0.1, 0.15) is 6.67 Å². The second-order valence-electron chi connectivity index (χ2n) is 8.51. The van der Waals surface area contributed by atoms with Gasteiger partial charge in [0.2, 0.25) is 0 Å². The van der Waals surface area contributed by atoms with Crippen LogP contribution in [-0.4, -0.2) is 47.4 Å². The standard InChI is InChI=1S/C26H25N3O3/c30-24-21-10-4-8-20-9-5-11-22(23(20)21)25(31)29(24)17-27-26(32)28-14-12-19(13-15-28)16-18-6-2-1-3-7-18/h1-11,19H,12-17H2,(H,27,32). The van der Waals surface area contributed by atoms with Crippen LogP contribution in [0.1, 0.15) is 39.1 Å². The minimum Gasteiger partial charge on any atom is -0.325 e. The van der Waals surface area contributed by atoms with Gasteiger partial charge in [-0.15, -0.1) is 0 Å². The fraction of sp³-hybridized carbons (Fsp3) is 0.269. The van der Waals surface area contributed by atoms with Crippen LogP contribution in [0.4, 0.5) is 4.79 Å². The van der Waals surface area contributed by atoms with Gasteiger partial charge in [0, 0.05) is 29.6 Å². The molecule has 2 heterocycles. The van der Waals surface area contributed by atoms with E-state index in [0.29, 0.717) is 35.5 Å². The van der Waals surface area contributed by atoms with Gasteiger partial charge in [-0.1, -0.05) is 54.6 Å². The Labute approximate surface area is 186 Å². The van der Waals surface area contributed by atoms with Crippen molar-refractivity contribution in [2.75, 3.05) is 19.8 Å². The summed E-state index contributed by atoms with van der Waals surface area (Å²) in [6.07, 6.45) is 2.91. The number of benzene rings is 3. The Kier molecular flexibility index (Phi) is 5.35. The largest absolute Gasteiger partial charge is 0.325 e. The van der Waals surface area contributed by atoms with Crippen molar-refractivity contribution in [2.45, 2.75) is 19.3 Å². The van der Waals surface area contributed by atoms with Crippen LogP contribution in [0.15, 0.2) is 66.7 Å². The summed E-state index contributed by atoms with van der Waals surface area (Å²) in [5.74, 6) is -0.189. The predicted molar refractivity (Wildman–Crippen MR) is 122 cm³/mol. The highest BCUT2D eigenvalue weighted by atomic mass is 16.2. The first-order chi connectivity index (χ1) is 15.6. The molecule has 1 saturated heterocycles. The quantitative estimate of drug-likeness (QED) is 0.639. The van der Waals surface area contributed by atoms with Gasteiger partial charge >= 0.3 is 6.03 Å². The van der Waals surface area contributed by atoms with Gasteiger partial charge in [-0.25, -0.2) is 4.79 Å². The molecule has 3 aromatic rings. The molecule has 0 atom stereocenters. The fourth-order valence-electron chi connectivity index (χ4n) is 4.77. The molecule has 0 unspecified atom stereocenters. The van der Waals surface area contributed by atoms with Crippen LogP contribution in [0.2, 0.25) is 0 Å². The number of nitrogens with zero attached hydrogens (tertiary/aromatic N) is 2. The van der Waals surface area contributed by atoms with Gasteiger partial charge in [-0.3, -0.25) is 14.5 Å². The maximum Gasteiger partial charge on any atom is 0.318 e. The average Bonchev–Trinajstić information content (AvgIpc) is 2.83. The summed E-state index contributed by atoms with van der Waals surface area (Å²) in [6.45, 7) is 1.21. The van der Waals surface area contributed by atoms with Crippen molar-refractivity contribution >= 4 is 28.6 Å². The third-order valence-electron chi connectivity index (χ3n) is 6.51. The average molecular weight is 428 g/mol. The van der Waals surface area contributed by atoms with Crippen molar-refractivity contribution < 1.29 is 14.4 Å². The second kappa shape index (κ2) is 8.46. The molecule has 0 aromatic heterocycles. The smallest absolute Gasteiger partial charge is 0.318 e. The molecular formula is C26H25N3O3. The van der Waals surface area contributed by atoms with Gasteiger partial charge in [-0.05, 0) is 48.3 Å². The highest BCUT2D eigenvalue weighted by Gasteiger charge is 2.33. The molecule has 0 bridgehead atoms. The number of piperidine rings is 1. The monoisotopic (exact) mass is 427 g/mol. The normalized spacial score (nSPS) is 16.5. The molecule has 0 saturated carbocycles. The van der Waals surface area contributed by atoms with E-state index in [1.54, 1.807) is 17.0 Å². The Morgan fingerprint density at radius 2 is 1.47 bits per heavy atom. The molecule has 162 valence electrons. The van der Waals surface area contributed by atoms with E-state index < -0.39 is 0 Å². The van der Waals surface area contributed by atoms with E-state index in [0.717, 1.165) is 29.5 Å². The van der Waals surface area contributed by atoms with E-state index >= 15 is 0 Å². The number of likely N-dealkylation sites (tertiary alicyclic amines) is 1. The number of rotatable bonds is 4. The molecule has 0 spiro atoms. The minimum absolute atomic E-state index is 0.134. The van der Waals surface area contributed by atoms with Gasteiger partial charge in [0.25, 0.3) is 11.8 Å². The molecule has 2 aliphatic heterocycles. The molecule has 3 aromatic carbocycles. The SMILES string of the molecule is O=C(NCN1C(=O)c2cccc3cccc(c23)C1=O)N1CCC(Cc2ccccc2)CC1. The molecule has 1 N–H and O–H groups in total. The summed E-state index contributed by atoms with van der Waals surface area (Å²) < 4.78 is 0. The van der Waals surface area contributed by atoms with Crippen LogP contribution in [0.5, 0.6) is 0 Å². The summed E-state index contributed by atoms with van der Waals surface area (Å²) >= 11 is 0. The summed E-state index contributed by atoms with van der Waals surface area (Å²) in [6, 6.07) is 21.0. The van der Waals surface area contributed by atoms with Crippen molar-refractivity contribution in [1.29, 1.82) is 0 Å². The third kappa shape index (κ3) is 3.73. The number of amides is 4. The molecule has 0 radical (unpaired) electrons. The number of urea groups is 1. The highest BCUT2D eigenvalue weighted by molar-refractivity contribution is 6.25. The Morgan fingerprint density at radius 1 is 0.844 bits per heavy atom. The van der Waals surface area contributed by atoms with Crippen LogP contribution in [0.25, 0.3) is 10.8 Å². The van der Waals surface area contributed by atoms with Gasteiger partial charge in [0.05, 0.1) is 0 Å². The molecule has 0 aliphatic carbocycles. The lowest BCUT2D eigenvalue weighted by atomic mass is 9.90. The van der Waals surface area contributed by atoms with Gasteiger partial charge < -0.3 is 10.2 Å². The number of carbonyl (C=O) groups excluding carboxylic acids is 3.